The highest BCUT2D eigenvalue weighted by Gasteiger charge is 2.58. The Bertz CT molecular complexity index is 375. The zero-order valence-corrected chi connectivity index (χ0v) is 7.15. The molecule has 1 fully saturated rings. The van der Waals surface area contributed by atoms with Gasteiger partial charge in [-0.3, -0.25) is 9.48 Å². The molecule has 1 N–H and O–H groups in total. The minimum Gasteiger partial charge on any atom is -0.480 e. The van der Waals surface area contributed by atoms with Gasteiger partial charge in [-0.1, -0.05) is 0 Å². The van der Waals surface area contributed by atoms with Crippen molar-refractivity contribution in [3.05, 3.63) is 18.0 Å². The maximum absolute atomic E-state index is 12.6. The van der Waals surface area contributed by atoms with Crippen molar-refractivity contribution < 1.29 is 18.7 Å². The predicted octanol–water partition coefficient (Wildman–Crippen LogP) is 1.09. The van der Waals surface area contributed by atoms with E-state index in [4.69, 9.17) is 5.11 Å². The molecule has 76 valence electrons. The van der Waals surface area contributed by atoms with Gasteiger partial charge in [-0.25, -0.2) is 8.78 Å². The van der Waals surface area contributed by atoms with Crippen molar-refractivity contribution in [1.29, 1.82) is 0 Å². The molecular formula is C8H8F2N2O2. The van der Waals surface area contributed by atoms with Gasteiger partial charge >= 0.3 is 5.97 Å². The molecule has 0 saturated heterocycles. The van der Waals surface area contributed by atoms with Crippen LogP contribution in [0.2, 0.25) is 0 Å². The summed E-state index contributed by atoms with van der Waals surface area (Å²) in [5.41, 5.74) is 0.413. The number of halogens is 2. The first-order valence-corrected chi connectivity index (χ1v) is 4.11. The van der Waals surface area contributed by atoms with E-state index in [0.717, 1.165) is 4.68 Å². The molecule has 2 rings (SSSR count). The van der Waals surface area contributed by atoms with E-state index in [1.165, 1.54) is 12.4 Å². The fourth-order valence-corrected chi connectivity index (χ4v) is 1.36. The first-order valence-electron chi connectivity index (χ1n) is 4.11. The van der Waals surface area contributed by atoms with E-state index in [-0.39, 0.29) is 13.0 Å². The Kier molecular flexibility index (Phi) is 1.80. The van der Waals surface area contributed by atoms with Crippen LogP contribution < -0.4 is 0 Å². The summed E-state index contributed by atoms with van der Waals surface area (Å²) in [5.74, 6) is -4.44. The number of alkyl halides is 2. The Morgan fingerprint density at radius 1 is 1.79 bits per heavy atom. The smallest absolute Gasteiger partial charge is 0.325 e. The topological polar surface area (TPSA) is 55.1 Å². The highest BCUT2D eigenvalue weighted by atomic mass is 19.3. The predicted molar refractivity (Wildman–Crippen MR) is 42.2 cm³/mol. The maximum Gasteiger partial charge on any atom is 0.325 e. The molecule has 0 aromatic carbocycles. The summed E-state index contributed by atoms with van der Waals surface area (Å²) in [6, 6.07) is 0. The molecule has 0 aliphatic heterocycles. The summed E-state index contributed by atoms with van der Waals surface area (Å²) < 4.78 is 26.3. The van der Waals surface area contributed by atoms with Crippen molar-refractivity contribution in [1.82, 2.24) is 9.78 Å². The average molecular weight is 202 g/mol. The number of aliphatic carboxylic acids is 1. The van der Waals surface area contributed by atoms with Gasteiger partial charge in [-0.2, -0.15) is 5.10 Å². The summed E-state index contributed by atoms with van der Waals surface area (Å²) in [6.45, 7) is -0.293. The van der Waals surface area contributed by atoms with E-state index in [1.807, 2.05) is 0 Å². The Balaban J connectivity index is 2.08. The molecule has 0 spiro atoms. The van der Waals surface area contributed by atoms with Gasteiger partial charge < -0.3 is 5.11 Å². The third-order valence-electron chi connectivity index (χ3n) is 2.18. The lowest BCUT2D eigenvalue weighted by Crippen LogP contribution is -2.08. The van der Waals surface area contributed by atoms with Gasteiger partial charge in [0.15, 0.2) is 0 Å². The van der Waals surface area contributed by atoms with Crippen LogP contribution in [0.1, 0.15) is 17.9 Å². The quantitative estimate of drug-likeness (QED) is 0.798. The second kappa shape index (κ2) is 2.76. The van der Waals surface area contributed by atoms with E-state index in [0.29, 0.717) is 5.56 Å². The molecule has 0 bridgehead atoms. The standard InChI is InChI=1S/C8H8F2N2O2/c9-8(10)1-6(8)5-2-11-12(3-5)4-7(13)14/h2-3,6H,1,4H2,(H,13,14). The summed E-state index contributed by atoms with van der Waals surface area (Å²) in [5, 5.41) is 12.1. The van der Waals surface area contributed by atoms with Crippen LogP contribution in [-0.4, -0.2) is 26.8 Å². The van der Waals surface area contributed by atoms with Gasteiger partial charge in [0.2, 0.25) is 0 Å². The minimum absolute atomic E-state index is 0.161. The van der Waals surface area contributed by atoms with Gasteiger partial charge in [-0.15, -0.1) is 0 Å². The first-order chi connectivity index (χ1) is 6.49. The van der Waals surface area contributed by atoms with Crippen molar-refractivity contribution in [2.75, 3.05) is 0 Å². The molecule has 1 aromatic heterocycles. The minimum atomic E-state index is -2.63. The van der Waals surface area contributed by atoms with Crippen LogP contribution >= 0.6 is 0 Å². The Morgan fingerprint density at radius 2 is 2.43 bits per heavy atom. The molecule has 6 heteroatoms. The molecule has 1 aliphatic carbocycles. The van der Waals surface area contributed by atoms with Crippen LogP contribution in [0.5, 0.6) is 0 Å². The highest BCUT2D eigenvalue weighted by Crippen LogP contribution is 2.55. The number of hydrogen-bond acceptors (Lipinski definition) is 2. The van der Waals surface area contributed by atoms with E-state index >= 15 is 0 Å². The van der Waals surface area contributed by atoms with Crippen molar-refractivity contribution in [2.24, 2.45) is 0 Å². The van der Waals surface area contributed by atoms with Crippen LogP contribution in [0.3, 0.4) is 0 Å². The van der Waals surface area contributed by atoms with Crippen LogP contribution in [-0.2, 0) is 11.3 Å². The summed E-state index contributed by atoms with van der Waals surface area (Å²) in [6.07, 6.45) is 2.50. The fourth-order valence-electron chi connectivity index (χ4n) is 1.36. The Hall–Kier alpha value is -1.46. The van der Waals surface area contributed by atoms with Crippen molar-refractivity contribution in [3.8, 4) is 0 Å². The van der Waals surface area contributed by atoms with Crippen molar-refractivity contribution >= 4 is 5.97 Å². The normalized spacial score (nSPS) is 23.4. The molecule has 0 radical (unpaired) electrons. The van der Waals surface area contributed by atoms with Crippen LogP contribution in [0.15, 0.2) is 12.4 Å². The van der Waals surface area contributed by atoms with Gasteiger partial charge in [0.1, 0.15) is 6.54 Å². The Morgan fingerprint density at radius 3 is 2.93 bits per heavy atom. The lowest BCUT2D eigenvalue weighted by Gasteiger charge is -1.94. The molecule has 1 unspecified atom stereocenters. The number of aromatic nitrogens is 2. The number of carboxylic acid groups (broad SMARTS) is 1. The van der Waals surface area contributed by atoms with E-state index in [9.17, 15) is 13.6 Å². The molecule has 1 saturated carbocycles. The molecule has 1 aromatic rings. The number of hydrogen-bond donors (Lipinski definition) is 1. The van der Waals surface area contributed by atoms with E-state index < -0.39 is 17.8 Å². The summed E-state index contributed by atoms with van der Waals surface area (Å²) in [4.78, 5) is 10.3. The van der Waals surface area contributed by atoms with Crippen molar-refractivity contribution in [3.63, 3.8) is 0 Å². The lowest BCUT2D eigenvalue weighted by molar-refractivity contribution is -0.137. The third kappa shape index (κ3) is 1.59. The fraction of sp³-hybridized carbons (Fsp3) is 0.500. The van der Waals surface area contributed by atoms with Gasteiger partial charge in [-0.05, 0) is 5.56 Å². The molecule has 1 aliphatic rings. The summed E-state index contributed by atoms with van der Waals surface area (Å²) in [7, 11) is 0. The molecule has 1 atom stereocenters. The average Bonchev–Trinajstić information content (AvgIpc) is 2.52. The van der Waals surface area contributed by atoms with Crippen LogP contribution in [0, 0.1) is 0 Å². The van der Waals surface area contributed by atoms with Crippen molar-refractivity contribution in [2.45, 2.75) is 24.8 Å². The number of rotatable bonds is 3. The Labute approximate surface area is 78.1 Å². The lowest BCUT2D eigenvalue weighted by atomic mass is 10.2. The second-order valence-corrected chi connectivity index (χ2v) is 3.38. The van der Waals surface area contributed by atoms with Gasteiger partial charge in [0, 0.05) is 12.6 Å². The summed E-state index contributed by atoms with van der Waals surface area (Å²) >= 11 is 0. The van der Waals surface area contributed by atoms with Gasteiger partial charge in [0.25, 0.3) is 5.92 Å². The third-order valence-corrected chi connectivity index (χ3v) is 2.18. The molecule has 4 nitrogen and oxygen atoms in total. The zero-order chi connectivity index (χ0) is 10.3. The first kappa shape index (κ1) is 9.11. The second-order valence-electron chi connectivity index (χ2n) is 3.38. The molecule has 0 amide bonds. The number of nitrogens with zero attached hydrogens (tertiary/aromatic N) is 2. The molecular weight excluding hydrogens is 194 g/mol. The zero-order valence-electron chi connectivity index (χ0n) is 7.15. The van der Waals surface area contributed by atoms with Crippen LogP contribution in [0.25, 0.3) is 0 Å². The van der Waals surface area contributed by atoms with E-state index in [2.05, 4.69) is 5.10 Å². The monoisotopic (exact) mass is 202 g/mol. The van der Waals surface area contributed by atoms with Crippen LogP contribution in [0.4, 0.5) is 8.78 Å². The molecule has 1 heterocycles. The molecule has 14 heavy (non-hydrogen) atoms. The number of carbonyl (C=O) groups is 1. The van der Waals surface area contributed by atoms with Gasteiger partial charge in [0.05, 0.1) is 12.1 Å². The maximum atomic E-state index is 12.6. The highest BCUT2D eigenvalue weighted by molar-refractivity contribution is 5.66. The number of carboxylic acids is 1. The van der Waals surface area contributed by atoms with E-state index in [1.54, 1.807) is 0 Å². The SMILES string of the molecule is O=C(O)Cn1cc(C2CC2(F)F)cn1. The largest absolute Gasteiger partial charge is 0.480 e.